The summed E-state index contributed by atoms with van der Waals surface area (Å²) in [7, 11) is 0. The lowest BCUT2D eigenvalue weighted by atomic mass is 10.1. The van der Waals surface area contributed by atoms with Crippen LogP contribution in [0.5, 0.6) is 0 Å². The summed E-state index contributed by atoms with van der Waals surface area (Å²) in [5, 5.41) is 15.2. The van der Waals surface area contributed by atoms with Gasteiger partial charge in [0.1, 0.15) is 18.1 Å². The number of hydrogen-bond acceptors (Lipinski definition) is 7. The molecule has 0 saturated carbocycles. The van der Waals surface area contributed by atoms with Gasteiger partial charge in [0.2, 0.25) is 5.82 Å². The molecule has 10 nitrogen and oxygen atoms in total. The number of tetrazole rings is 1. The SMILES string of the molecule is Cc1ccc(N(C(=O)Cn2nnc(-c3ccc(C)o3)n2)[C@@H](C(=O)NC(C)(C)C)c2ccco2)cc1. The summed E-state index contributed by atoms with van der Waals surface area (Å²) in [5.74, 6) is 0.970. The number of furan rings is 2. The van der Waals surface area contributed by atoms with Gasteiger partial charge in [-0.2, -0.15) is 4.80 Å². The van der Waals surface area contributed by atoms with Crippen molar-refractivity contribution in [1.29, 1.82) is 0 Å². The van der Waals surface area contributed by atoms with E-state index in [9.17, 15) is 9.59 Å². The Kier molecular flexibility index (Phi) is 6.54. The number of nitrogens with zero attached hydrogens (tertiary/aromatic N) is 5. The van der Waals surface area contributed by atoms with Crippen molar-refractivity contribution in [2.45, 2.75) is 52.7 Å². The molecule has 0 fully saturated rings. The number of amides is 2. The molecule has 1 atom stereocenters. The zero-order valence-corrected chi connectivity index (χ0v) is 20.3. The highest BCUT2D eigenvalue weighted by atomic mass is 16.3. The first-order chi connectivity index (χ1) is 16.6. The third-order valence-corrected chi connectivity index (χ3v) is 5.09. The van der Waals surface area contributed by atoms with Gasteiger partial charge in [-0.25, -0.2) is 0 Å². The summed E-state index contributed by atoms with van der Waals surface area (Å²) in [6, 6.07) is 13.2. The molecule has 0 aliphatic rings. The normalized spacial score (nSPS) is 12.4. The van der Waals surface area contributed by atoms with Crippen molar-refractivity contribution >= 4 is 17.5 Å². The highest BCUT2D eigenvalue weighted by Gasteiger charge is 2.36. The van der Waals surface area contributed by atoms with Crippen LogP contribution in [0.4, 0.5) is 5.69 Å². The zero-order valence-electron chi connectivity index (χ0n) is 20.3. The quantitative estimate of drug-likeness (QED) is 0.430. The molecule has 0 spiro atoms. The first-order valence-electron chi connectivity index (χ1n) is 11.2. The molecular formula is C25H28N6O4. The van der Waals surface area contributed by atoms with Crippen LogP contribution in [-0.4, -0.2) is 37.6 Å². The average molecular weight is 477 g/mol. The van der Waals surface area contributed by atoms with E-state index >= 15 is 0 Å². The molecule has 0 bridgehead atoms. The lowest BCUT2D eigenvalue weighted by Gasteiger charge is -2.32. The predicted octanol–water partition coefficient (Wildman–Crippen LogP) is 3.83. The van der Waals surface area contributed by atoms with Crippen LogP contribution in [0, 0.1) is 13.8 Å². The van der Waals surface area contributed by atoms with E-state index in [0.717, 1.165) is 5.56 Å². The molecule has 10 heteroatoms. The van der Waals surface area contributed by atoms with Gasteiger partial charge in [-0.1, -0.05) is 17.7 Å². The number of aromatic nitrogens is 4. The molecule has 0 aliphatic carbocycles. The van der Waals surface area contributed by atoms with Crippen LogP contribution in [0.25, 0.3) is 11.6 Å². The number of aryl methyl sites for hydroxylation is 2. The third kappa shape index (κ3) is 5.65. The summed E-state index contributed by atoms with van der Waals surface area (Å²) < 4.78 is 11.1. The molecule has 2 amide bonds. The maximum Gasteiger partial charge on any atom is 0.251 e. The highest BCUT2D eigenvalue weighted by Crippen LogP contribution is 2.29. The summed E-state index contributed by atoms with van der Waals surface area (Å²) in [6.45, 7) is 9.14. The number of carbonyl (C=O) groups excluding carboxylic acids is 2. The fourth-order valence-electron chi connectivity index (χ4n) is 3.56. The van der Waals surface area contributed by atoms with Gasteiger partial charge < -0.3 is 14.2 Å². The van der Waals surface area contributed by atoms with E-state index in [2.05, 4.69) is 20.7 Å². The van der Waals surface area contributed by atoms with Crippen molar-refractivity contribution < 1.29 is 18.4 Å². The number of hydrogen-bond donors (Lipinski definition) is 1. The summed E-state index contributed by atoms with van der Waals surface area (Å²) in [6.07, 6.45) is 1.47. The Morgan fingerprint density at radius 2 is 1.83 bits per heavy atom. The lowest BCUT2D eigenvalue weighted by Crippen LogP contribution is -2.50. The highest BCUT2D eigenvalue weighted by molar-refractivity contribution is 6.01. The Labute approximate surface area is 202 Å². The summed E-state index contributed by atoms with van der Waals surface area (Å²) >= 11 is 0. The molecule has 4 rings (SSSR count). The predicted molar refractivity (Wildman–Crippen MR) is 128 cm³/mol. The Morgan fingerprint density at radius 3 is 2.43 bits per heavy atom. The van der Waals surface area contributed by atoms with Crippen LogP contribution in [0.1, 0.15) is 43.9 Å². The van der Waals surface area contributed by atoms with Gasteiger partial charge >= 0.3 is 0 Å². The minimum absolute atomic E-state index is 0.249. The largest absolute Gasteiger partial charge is 0.467 e. The van der Waals surface area contributed by atoms with Crippen LogP contribution in [0.3, 0.4) is 0 Å². The first kappa shape index (κ1) is 23.9. The van der Waals surface area contributed by atoms with Crippen molar-refractivity contribution in [3.05, 3.63) is 71.9 Å². The van der Waals surface area contributed by atoms with E-state index in [-0.39, 0.29) is 18.3 Å². The maximum absolute atomic E-state index is 13.7. The van der Waals surface area contributed by atoms with Gasteiger partial charge in [-0.3, -0.25) is 14.5 Å². The van der Waals surface area contributed by atoms with Gasteiger partial charge in [-0.15, -0.1) is 10.2 Å². The second kappa shape index (κ2) is 9.57. The van der Waals surface area contributed by atoms with E-state index in [1.165, 1.54) is 16.0 Å². The van der Waals surface area contributed by atoms with Crippen molar-refractivity contribution in [3.8, 4) is 11.6 Å². The van der Waals surface area contributed by atoms with E-state index < -0.39 is 17.5 Å². The summed E-state index contributed by atoms with van der Waals surface area (Å²) in [5.41, 5.74) is 1.03. The maximum atomic E-state index is 13.7. The zero-order chi connectivity index (χ0) is 25.2. The average Bonchev–Trinajstić information content (AvgIpc) is 3.53. The van der Waals surface area contributed by atoms with E-state index in [0.29, 0.717) is 23.0 Å². The van der Waals surface area contributed by atoms with Crippen LogP contribution >= 0.6 is 0 Å². The Balaban J connectivity index is 1.70. The lowest BCUT2D eigenvalue weighted by molar-refractivity contribution is -0.128. The molecule has 3 heterocycles. The molecule has 0 aliphatic heterocycles. The van der Waals surface area contributed by atoms with Crippen molar-refractivity contribution in [1.82, 2.24) is 25.5 Å². The Hall–Kier alpha value is -4.21. The van der Waals surface area contributed by atoms with E-state index in [1.807, 2.05) is 46.8 Å². The molecule has 0 saturated heterocycles. The fourth-order valence-corrected chi connectivity index (χ4v) is 3.56. The first-order valence-corrected chi connectivity index (χ1v) is 11.2. The minimum atomic E-state index is -1.05. The Bertz CT molecular complexity index is 1300. The number of anilines is 1. The topological polar surface area (TPSA) is 119 Å². The van der Waals surface area contributed by atoms with Crippen molar-refractivity contribution in [2.24, 2.45) is 0 Å². The van der Waals surface area contributed by atoms with Crippen molar-refractivity contribution in [3.63, 3.8) is 0 Å². The fraction of sp³-hybridized carbons (Fsp3) is 0.320. The molecule has 1 N–H and O–H groups in total. The van der Waals surface area contributed by atoms with Gasteiger partial charge in [0.05, 0.1) is 6.26 Å². The van der Waals surface area contributed by atoms with Gasteiger partial charge in [0, 0.05) is 11.2 Å². The van der Waals surface area contributed by atoms with Gasteiger partial charge in [-0.05, 0) is 76.2 Å². The molecule has 0 unspecified atom stereocenters. The number of benzene rings is 1. The molecule has 35 heavy (non-hydrogen) atoms. The van der Waals surface area contributed by atoms with Crippen LogP contribution in [0.15, 0.2) is 63.6 Å². The summed E-state index contributed by atoms with van der Waals surface area (Å²) in [4.78, 5) is 29.7. The molecule has 182 valence electrons. The second-order valence-corrected chi connectivity index (χ2v) is 9.31. The smallest absolute Gasteiger partial charge is 0.251 e. The number of nitrogens with one attached hydrogen (secondary N) is 1. The van der Waals surface area contributed by atoms with Crippen molar-refractivity contribution in [2.75, 3.05) is 4.90 Å². The molecule has 4 aromatic rings. The standard InChI is InChI=1S/C25H28N6O4/c1-16-8-11-18(12-9-16)31(22(19-7-6-14-34-19)24(33)26-25(3,4)5)21(32)15-30-28-23(27-29-30)20-13-10-17(2)35-20/h6-14,22H,15H2,1-5H3,(H,26,33)/t22-/m1/s1. The molecule has 1 aromatic carbocycles. The van der Waals surface area contributed by atoms with Gasteiger partial charge in [0.25, 0.3) is 11.8 Å². The minimum Gasteiger partial charge on any atom is -0.467 e. The third-order valence-electron chi connectivity index (χ3n) is 5.09. The number of rotatable bonds is 7. The monoisotopic (exact) mass is 476 g/mol. The van der Waals surface area contributed by atoms with E-state index in [4.69, 9.17) is 8.83 Å². The van der Waals surface area contributed by atoms with Crippen LogP contribution < -0.4 is 10.2 Å². The molecule has 0 radical (unpaired) electrons. The van der Waals surface area contributed by atoms with Gasteiger partial charge in [0.15, 0.2) is 11.8 Å². The van der Waals surface area contributed by atoms with Crippen LogP contribution in [-0.2, 0) is 16.1 Å². The van der Waals surface area contributed by atoms with Crippen LogP contribution in [0.2, 0.25) is 0 Å². The van der Waals surface area contributed by atoms with E-state index in [1.54, 1.807) is 36.4 Å². The second-order valence-electron chi connectivity index (χ2n) is 9.31. The number of carbonyl (C=O) groups is 2. The molecule has 3 aromatic heterocycles. The molecular weight excluding hydrogens is 448 g/mol. The Morgan fingerprint density at radius 1 is 1.09 bits per heavy atom.